The summed E-state index contributed by atoms with van der Waals surface area (Å²) in [5.74, 6) is 2.04. The first-order chi connectivity index (χ1) is 3.88. The molecule has 1 unspecified atom stereocenters. The van der Waals surface area contributed by atoms with E-state index in [1.807, 2.05) is 0 Å². The number of hydrogen-bond acceptors (Lipinski definition) is 0. The van der Waals surface area contributed by atoms with Gasteiger partial charge in [-0.05, 0) is 31.1 Å². The van der Waals surface area contributed by atoms with Crippen molar-refractivity contribution in [2.45, 2.75) is 26.2 Å². The Morgan fingerprint density at radius 2 is 2.50 bits per heavy atom. The molecular weight excluding hydrogens is 96.1 g/mol. The highest BCUT2D eigenvalue weighted by Crippen LogP contribution is 2.46. The standard InChI is InChI=1S/C8H12/c1-6-5-7-3-2-4-8(6)7/h3,6,8H,2,4-5H2,1H3/t6?,8-/m0/s1. The molecule has 0 heteroatoms. The van der Waals surface area contributed by atoms with Gasteiger partial charge in [-0.25, -0.2) is 0 Å². The largest absolute Gasteiger partial charge is 0.0850 e. The molecule has 2 aliphatic rings. The molecular formula is C8H12. The van der Waals surface area contributed by atoms with Crippen molar-refractivity contribution in [1.82, 2.24) is 0 Å². The minimum Gasteiger partial charge on any atom is -0.0850 e. The SMILES string of the molecule is CC1CC2=CCC[C@H]21. The van der Waals surface area contributed by atoms with Crippen molar-refractivity contribution in [2.75, 3.05) is 0 Å². The molecule has 1 saturated carbocycles. The first kappa shape index (κ1) is 4.60. The maximum atomic E-state index is 2.44. The zero-order valence-electron chi connectivity index (χ0n) is 5.35. The summed E-state index contributed by atoms with van der Waals surface area (Å²) in [7, 11) is 0. The number of allylic oxidation sites excluding steroid dienone is 2. The molecule has 0 nitrogen and oxygen atoms in total. The summed E-state index contributed by atoms with van der Waals surface area (Å²) in [6, 6.07) is 0. The minimum absolute atomic E-state index is 1.02. The molecule has 2 aliphatic carbocycles. The molecule has 44 valence electrons. The van der Waals surface area contributed by atoms with Gasteiger partial charge in [-0.3, -0.25) is 0 Å². The topological polar surface area (TPSA) is 0 Å². The van der Waals surface area contributed by atoms with Gasteiger partial charge in [-0.1, -0.05) is 18.6 Å². The predicted molar refractivity (Wildman–Crippen MR) is 34.6 cm³/mol. The van der Waals surface area contributed by atoms with Gasteiger partial charge in [0.1, 0.15) is 0 Å². The van der Waals surface area contributed by atoms with Crippen LogP contribution in [0.15, 0.2) is 11.6 Å². The zero-order valence-corrected chi connectivity index (χ0v) is 5.35. The molecule has 0 aromatic carbocycles. The van der Waals surface area contributed by atoms with Crippen LogP contribution in [0.5, 0.6) is 0 Å². The third-order valence-corrected chi connectivity index (χ3v) is 2.61. The van der Waals surface area contributed by atoms with E-state index in [1.165, 1.54) is 19.3 Å². The fourth-order valence-corrected chi connectivity index (χ4v) is 2.02. The van der Waals surface area contributed by atoms with Gasteiger partial charge >= 0.3 is 0 Å². The van der Waals surface area contributed by atoms with Crippen LogP contribution in [0.2, 0.25) is 0 Å². The highest BCUT2D eigenvalue weighted by Gasteiger charge is 2.34. The average Bonchev–Trinajstić information content (AvgIpc) is 2.09. The van der Waals surface area contributed by atoms with Gasteiger partial charge in [-0.2, -0.15) is 0 Å². The van der Waals surface area contributed by atoms with Gasteiger partial charge < -0.3 is 0 Å². The normalized spacial score (nSPS) is 42.9. The fourth-order valence-electron chi connectivity index (χ4n) is 2.02. The average molecular weight is 108 g/mol. The van der Waals surface area contributed by atoms with Gasteiger partial charge in [0, 0.05) is 0 Å². The molecule has 0 aromatic rings. The van der Waals surface area contributed by atoms with Crippen molar-refractivity contribution >= 4 is 0 Å². The van der Waals surface area contributed by atoms with E-state index < -0.39 is 0 Å². The predicted octanol–water partition coefficient (Wildman–Crippen LogP) is 2.36. The van der Waals surface area contributed by atoms with E-state index in [9.17, 15) is 0 Å². The highest BCUT2D eigenvalue weighted by atomic mass is 14.4. The maximum Gasteiger partial charge on any atom is -0.0171 e. The van der Waals surface area contributed by atoms with E-state index in [0.717, 1.165) is 11.8 Å². The van der Waals surface area contributed by atoms with Crippen LogP contribution in [-0.2, 0) is 0 Å². The van der Waals surface area contributed by atoms with E-state index in [4.69, 9.17) is 0 Å². The Bertz CT molecular complexity index is 133. The van der Waals surface area contributed by atoms with Crippen LogP contribution < -0.4 is 0 Å². The Labute approximate surface area is 50.6 Å². The lowest BCUT2D eigenvalue weighted by atomic mass is 9.72. The molecule has 0 radical (unpaired) electrons. The van der Waals surface area contributed by atoms with E-state index in [-0.39, 0.29) is 0 Å². The van der Waals surface area contributed by atoms with E-state index in [0.29, 0.717) is 0 Å². The first-order valence-corrected chi connectivity index (χ1v) is 3.57. The summed E-state index contributed by atoms with van der Waals surface area (Å²) in [6.07, 6.45) is 6.66. The second-order valence-electron chi connectivity index (χ2n) is 3.14. The van der Waals surface area contributed by atoms with Crippen LogP contribution in [0.25, 0.3) is 0 Å². The van der Waals surface area contributed by atoms with Gasteiger partial charge in [0.2, 0.25) is 0 Å². The summed E-state index contributed by atoms with van der Waals surface area (Å²) in [5, 5.41) is 0. The van der Waals surface area contributed by atoms with Crippen molar-refractivity contribution in [1.29, 1.82) is 0 Å². The molecule has 2 atom stereocenters. The van der Waals surface area contributed by atoms with Crippen LogP contribution in [0.3, 0.4) is 0 Å². The Balaban J connectivity index is 2.15. The lowest BCUT2D eigenvalue weighted by Crippen LogP contribution is -2.22. The Morgan fingerprint density at radius 1 is 1.62 bits per heavy atom. The van der Waals surface area contributed by atoms with E-state index >= 15 is 0 Å². The van der Waals surface area contributed by atoms with E-state index in [1.54, 1.807) is 5.57 Å². The molecule has 0 aromatic heterocycles. The van der Waals surface area contributed by atoms with Gasteiger partial charge in [0.05, 0.1) is 0 Å². The third-order valence-electron chi connectivity index (χ3n) is 2.61. The Morgan fingerprint density at radius 3 is 3.00 bits per heavy atom. The molecule has 0 bridgehead atoms. The molecule has 0 spiro atoms. The van der Waals surface area contributed by atoms with Crippen LogP contribution in [0.1, 0.15) is 26.2 Å². The molecule has 0 amide bonds. The zero-order chi connectivity index (χ0) is 5.56. The molecule has 1 fully saturated rings. The third kappa shape index (κ3) is 0.410. The summed E-state index contributed by atoms with van der Waals surface area (Å²) >= 11 is 0. The molecule has 2 rings (SSSR count). The van der Waals surface area contributed by atoms with Crippen molar-refractivity contribution in [3.8, 4) is 0 Å². The van der Waals surface area contributed by atoms with Crippen molar-refractivity contribution in [3.05, 3.63) is 11.6 Å². The maximum absolute atomic E-state index is 2.44. The summed E-state index contributed by atoms with van der Waals surface area (Å²) in [5.41, 5.74) is 1.76. The minimum atomic E-state index is 1.02. The second-order valence-corrected chi connectivity index (χ2v) is 3.14. The number of fused-ring (bicyclic) bond motifs is 1. The van der Waals surface area contributed by atoms with Gasteiger partial charge in [-0.15, -0.1) is 0 Å². The van der Waals surface area contributed by atoms with Crippen LogP contribution in [0.4, 0.5) is 0 Å². The second kappa shape index (κ2) is 1.37. The number of hydrogen-bond donors (Lipinski definition) is 0. The van der Waals surface area contributed by atoms with Crippen molar-refractivity contribution < 1.29 is 0 Å². The van der Waals surface area contributed by atoms with Gasteiger partial charge in [0.25, 0.3) is 0 Å². The van der Waals surface area contributed by atoms with Crippen molar-refractivity contribution in [2.24, 2.45) is 11.8 Å². The highest BCUT2D eigenvalue weighted by molar-refractivity contribution is 5.22. The van der Waals surface area contributed by atoms with Crippen LogP contribution in [-0.4, -0.2) is 0 Å². The van der Waals surface area contributed by atoms with E-state index in [2.05, 4.69) is 13.0 Å². The van der Waals surface area contributed by atoms with Crippen molar-refractivity contribution in [3.63, 3.8) is 0 Å². The molecule has 0 saturated heterocycles. The lowest BCUT2D eigenvalue weighted by molar-refractivity contribution is 0.306. The smallest absolute Gasteiger partial charge is 0.0171 e. The quantitative estimate of drug-likeness (QED) is 0.418. The first-order valence-electron chi connectivity index (χ1n) is 3.57. The molecule has 8 heavy (non-hydrogen) atoms. The molecule has 0 N–H and O–H groups in total. The van der Waals surface area contributed by atoms with Crippen LogP contribution >= 0.6 is 0 Å². The van der Waals surface area contributed by atoms with Gasteiger partial charge in [0.15, 0.2) is 0 Å². The Hall–Kier alpha value is -0.260. The lowest BCUT2D eigenvalue weighted by Gasteiger charge is -2.33. The molecule has 0 aliphatic heterocycles. The summed E-state index contributed by atoms with van der Waals surface area (Å²) < 4.78 is 0. The summed E-state index contributed by atoms with van der Waals surface area (Å²) in [6.45, 7) is 2.37. The molecule has 0 heterocycles. The van der Waals surface area contributed by atoms with Crippen LogP contribution in [0, 0.1) is 11.8 Å². The fraction of sp³-hybridized carbons (Fsp3) is 0.750. The Kier molecular flexibility index (Phi) is 0.787. The summed E-state index contributed by atoms with van der Waals surface area (Å²) in [4.78, 5) is 0. The monoisotopic (exact) mass is 108 g/mol. The number of rotatable bonds is 0.